The lowest BCUT2D eigenvalue weighted by Gasteiger charge is -2.15. The zero-order valence-corrected chi connectivity index (χ0v) is 11.3. The fourth-order valence-electron chi connectivity index (χ4n) is 1.58. The van der Waals surface area contributed by atoms with E-state index < -0.39 is 11.9 Å². The Morgan fingerprint density at radius 1 is 0.941 bits per heavy atom. The highest BCUT2D eigenvalue weighted by atomic mass is 16.5. The molecule has 0 saturated carbocycles. The van der Waals surface area contributed by atoms with Gasteiger partial charge in [-0.3, -0.25) is 0 Å². The maximum Gasteiger partial charge on any atom is 0.334 e. The van der Waals surface area contributed by atoms with Gasteiger partial charge in [0.1, 0.15) is 0 Å². The molecule has 0 amide bonds. The van der Waals surface area contributed by atoms with Crippen molar-refractivity contribution in [3.8, 4) is 0 Å². The van der Waals surface area contributed by atoms with E-state index in [-0.39, 0.29) is 5.92 Å². The van der Waals surface area contributed by atoms with Crippen molar-refractivity contribution in [2.75, 3.05) is 13.2 Å². The summed E-state index contributed by atoms with van der Waals surface area (Å²) in [6.07, 6.45) is 0.463. The molecule has 0 radical (unpaired) electrons. The Labute approximate surface area is 103 Å². The summed E-state index contributed by atoms with van der Waals surface area (Å²) in [7, 11) is 0. The van der Waals surface area contributed by atoms with Gasteiger partial charge < -0.3 is 9.47 Å². The fraction of sp³-hybridized carbons (Fsp3) is 0.692. The van der Waals surface area contributed by atoms with Gasteiger partial charge in [-0.05, 0) is 26.2 Å². The Hall–Kier alpha value is -1.32. The number of hydrogen-bond donors (Lipinski definition) is 0. The second kappa shape index (κ2) is 7.87. The van der Waals surface area contributed by atoms with Gasteiger partial charge in [0.2, 0.25) is 0 Å². The first-order valence-electron chi connectivity index (χ1n) is 6.06. The van der Waals surface area contributed by atoms with E-state index in [0.29, 0.717) is 30.8 Å². The van der Waals surface area contributed by atoms with Crippen molar-refractivity contribution >= 4 is 11.9 Å². The van der Waals surface area contributed by atoms with Crippen molar-refractivity contribution in [2.24, 2.45) is 5.92 Å². The number of carbonyl (C=O) groups is 2. The van der Waals surface area contributed by atoms with Crippen molar-refractivity contribution in [3.63, 3.8) is 0 Å². The SMILES string of the molecule is CCOC(=O)C(CC)=C(C(=O)OCC)C(C)C. The van der Waals surface area contributed by atoms with Crippen molar-refractivity contribution < 1.29 is 19.1 Å². The summed E-state index contributed by atoms with van der Waals surface area (Å²) < 4.78 is 9.92. The molecule has 0 fully saturated rings. The van der Waals surface area contributed by atoms with Crippen LogP contribution in [0.3, 0.4) is 0 Å². The molecule has 0 rings (SSSR count). The van der Waals surface area contributed by atoms with Gasteiger partial charge in [0, 0.05) is 5.57 Å². The van der Waals surface area contributed by atoms with Crippen LogP contribution in [0.5, 0.6) is 0 Å². The third kappa shape index (κ3) is 4.59. The van der Waals surface area contributed by atoms with Gasteiger partial charge in [0.15, 0.2) is 0 Å². The normalized spacial score (nSPS) is 12.1. The Bertz CT molecular complexity index is 303. The minimum Gasteiger partial charge on any atom is -0.463 e. The second-order valence-corrected chi connectivity index (χ2v) is 3.84. The molecule has 0 aliphatic carbocycles. The van der Waals surface area contributed by atoms with Crippen molar-refractivity contribution in [1.82, 2.24) is 0 Å². The molecule has 0 atom stereocenters. The summed E-state index contributed by atoms with van der Waals surface area (Å²) in [6, 6.07) is 0. The Kier molecular flexibility index (Phi) is 7.26. The first kappa shape index (κ1) is 15.7. The Morgan fingerprint density at radius 3 is 1.76 bits per heavy atom. The third-order valence-corrected chi connectivity index (χ3v) is 2.27. The summed E-state index contributed by atoms with van der Waals surface area (Å²) in [5.74, 6) is -0.910. The zero-order valence-electron chi connectivity index (χ0n) is 11.3. The van der Waals surface area contributed by atoms with Crippen LogP contribution in [0.2, 0.25) is 0 Å². The molecule has 0 aliphatic rings. The lowest BCUT2D eigenvalue weighted by molar-refractivity contribution is -0.142. The minimum absolute atomic E-state index is 0.0617. The van der Waals surface area contributed by atoms with Gasteiger partial charge in [0.25, 0.3) is 0 Å². The molecule has 0 unspecified atom stereocenters. The summed E-state index contributed by atoms with van der Waals surface area (Å²) in [5, 5.41) is 0. The molecular weight excluding hydrogens is 220 g/mol. The van der Waals surface area contributed by atoms with E-state index in [1.807, 2.05) is 20.8 Å². The lowest BCUT2D eigenvalue weighted by Crippen LogP contribution is -2.19. The standard InChI is InChI=1S/C13H22O4/c1-6-10(12(14)16-7-2)11(9(4)5)13(15)17-8-3/h9H,6-8H2,1-5H3. The largest absolute Gasteiger partial charge is 0.463 e. The van der Waals surface area contributed by atoms with E-state index >= 15 is 0 Å². The van der Waals surface area contributed by atoms with Crippen LogP contribution in [-0.2, 0) is 19.1 Å². The summed E-state index contributed by atoms with van der Waals surface area (Å²) in [5.41, 5.74) is 0.841. The average molecular weight is 242 g/mol. The number of ether oxygens (including phenoxy) is 2. The molecule has 0 aliphatic heterocycles. The molecule has 0 saturated heterocycles. The van der Waals surface area contributed by atoms with E-state index in [2.05, 4.69) is 0 Å². The smallest absolute Gasteiger partial charge is 0.334 e. The first-order chi connectivity index (χ1) is 7.99. The van der Waals surface area contributed by atoms with Gasteiger partial charge in [0.05, 0.1) is 18.8 Å². The van der Waals surface area contributed by atoms with Crippen molar-refractivity contribution in [1.29, 1.82) is 0 Å². The highest BCUT2D eigenvalue weighted by Crippen LogP contribution is 2.20. The molecule has 0 aromatic heterocycles. The maximum atomic E-state index is 11.8. The molecule has 17 heavy (non-hydrogen) atoms. The summed E-state index contributed by atoms with van der Waals surface area (Å²) in [6.45, 7) is 9.64. The average Bonchev–Trinajstić information content (AvgIpc) is 2.25. The second-order valence-electron chi connectivity index (χ2n) is 3.84. The van der Waals surface area contributed by atoms with Crippen LogP contribution in [0.1, 0.15) is 41.0 Å². The molecular formula is C13H22O4. The molecule has 4 nitrogen and oxygen atoms in total. The van der Waals surface area contributed by atoms with E-state index in [1.165, 1.54) is 0 Å². The highest BCUT2D eigenvalue weighted by Gasteiger charge is 2.24. The van der Waals surface area contributed by atoms with Gasteiger partial charge in [-0.2, -0.15) is 0 Å². The molecule has 98 valence electrons. The van der Waals surface area contributed by atoms with Crippen molar-refractivity contribution in [3.05, 3.63) is 11.1 Å². The van der Waals surface area contributed by atoms with Crippen molar-refractivity contribution in [2.45, 2.75) is 41.0 Å². The van der Waals surface area contributed by atoms with E-state index in [0.717, 1.165) is 0 Å². The van der Waals surface area contributed by atoms with Crippen LogP contribution in [-0.4, -0.2) is 25.2 Å². The minimum atomic E-state index is -0.424. The fourth-order valence-corrected chi connectivity index (χ4v) is 1.58. The molecule has 0 bridgehead atoms. The molecule has 0 N–H and O–H groups in total. The molecule has 0 spiro atoms. The van der Waals surface area contributed by atoms with Crippen LogP contribution in [0.4, 0.5) is 0 Å². The van der Waals surface area contributed by atoms with Gasteiger partial charge in [-0.1, -0.05) is 20.8 Å². The number of carbonyl (C=O) groups excluding carboxylic acids is 2. The summed E-state index contributed by atoms with van der Waals surface area (Å²) >= 11 is 0. The molecule has 0 heterocycles. The van der Waals surface area contributed by atoms with Gasteiger partial charge in [-0.15, -0.1) is 0 Å². The van der Waals surface area contributed by atoms with E-state index in [9.17, 15) is 9.59 Å². The van der Waals surface area contributed by atoms with Crippen LogP contribution >= 0.6 is 0 Å². The lowest BCUT2D eigenvalue weighted by atomic mass is 9.95. The molecule has 0 aromatic carbocycles. The summed E-state index contributed by atoms with van der Waals surface area (Å²) in [4.78, 5) is 23.5. The predicted octanol–water partition coefficient (Wildman–Crippen LogP) is 2.48. The predicted molar refractivity (Wildman–Crippen MR) is 65.4 cm³/mol. The number of rotatable bonds is 6. The highest BCUT2D eigenvalue weighted by molar-refractivity contribution is 6.00. The maximum absolute atomic E-state index is 11.8. The van der Waals surface area contributed by atoms with Crippen LogP contribution in [0.15, 0.2) is 11.1 Å². The van der Waals surface area contributed by atoms with E-state index in [4.69, 9.17) is 9.47 Å². The zero-order chi connectivity index (χ0) is 13.4. The van der Waals surface area contributed by atoms with Gasteiger partial charge in [-0.25, -0.2) is 9.59 Å². The van der Waals surface area contributed by atoms with E-state index in [1.54, 1.807) is 13.8 Å². The molecule has 4 heteroatoms. The Balaban J connectivity index is 5.31. The Morgan fingerprint density at radius 2 is 1.41 bits per heavy atom. The molecule has 0 aromatic rings. The van der Waals surface area contributed by atoms with Crippen LogP contribution in [0.25, 0.3) is 0 Å². The van der Waals surface area contributed by atoms with Gasteiger partial charge >= 0.3 is 11.9 Å². The van der Waals surface area contributed by atoms with Crippen LogP contribution < -0.4 is 0 Å². The third-order valence-electron chi connectivity index (χ3n) is 2.27. The first-order valence-corrected chi connectivity index (χ1v) is 6.06. The number of esters is 2. The quantitative estimate of drug-likeness (QED) is 0.530. The topological polar surface area (TPSA) is 52.6 Å². The van der Waals surface area contributed by atoms with Crippen LogP contribution in [0, 0.1) is 5.92 Å². The monoisotopic (exact) mass is 242 g/mol. The number of hydrogen-bond acceptors (Lipinski definition) is 4.